The van der Waals surface area contributed by atoms with Crippen LogP contribution in [-0.4, -0.2) is 31.3 Å². The fourth-order valence-electron chi connectivity index (χ4n) is 4.07. The normalized spacial score (nSPS) is 19.1. The molecule has 0 spiro atoms. The number of carbonyl (C=O) groups excluding carboxylic acids is 3. The first kappa shape index (κ1) is 22.5. The lowest BCUT2D eigenvalue weighted by Crippen LogP contribution is -2.40. The number of rotatable bonds is 8. The Hall–Kier alpha value is -2.15. The Morgan fingerprint density at radius 2 is 1.90 bits per heavy atom. The molecule has 0 bridgehead atoms. The minimum absolute atomic E-state index is 0.0417. The smallest absolute Gasteiger partial charge is 0.261 e. The van der Waals surface area contributed by atoms with Gasteiger partial charge in [-0.15, -0.1) is 0 Å². The van der Waals surface area contributed by atoms with Crippen LogP contribution in [0.5, 0.6) is 11.5 Å². The standard InChI is InChI=1S/C23H28BrNO5/c1-29-20-13-16(11-17-19(26)14-21(27)25-23(17)28)12-18(24)22(20)30-10-6-5-9-15-7-3-2-4-8-15/h11-13,15H,2-10,14H2,1H3,(H,25,27,28)/b17-11+. The van der Waals surface area contributed by atoms with E-state index in [-0.39, 0.29) is 12.0 Å². The Balaban J connectivity index is 1.61. The first-order valence-corrected chi connectivity index (χ1v) is 11.4. The summed E-state index contributed by atoms with van der Waals surface area (Å²) in [7, 11) is 1.55. The van der Waals surface area contributed by atoms with Crippen LogP contribution in [0.1, 0.15) is 63.4 Å². The van der Waals surface area contributed by atoms with Gasteiger partial charge in [-0.3, -0.25) is 19.7 Å². The highest BCUT2D eigenvalue weighted by atomic mass is 79.9. The Morgan fingerprint density at radius 3 is 2.60 bits per heavy atom. The van der Waals surface area contributed by atoms with Crippen molar-refractivity contribution in [3.63, 3.8) is 0 Å². The van der Waals surface area contributed by atoms with Crippen LogP contribution >= 0.6 is 15.9 Å². The summed E-state index contributed by atoms with van der Waals surface area (Å²) < 4.78 is 12.1. The predicted octanol–water partition coefficient (Wildman–Crippen LogP) is 4.59. The van der Waals surface area contributed by atoms with E-state index in [1.165, 1.54) is 44.6 Å². The van der Waals surface area contributed by atoms with Crippen molar-refractivity contribution in [2.45, 2.75) is 57.8 Å². The van der Waals surface area contributed by atoms with Gasteiger partial charge in [-0.05, 0) is 58.5 Å². The molecule has 6 nitrogen and oxygen atoms in total. The number of imide groups is 1. The first-order chi connectivity index (χ1) is 14.5. The number of nitrogens with one attached hydrogen (secondary N) is 1. The van der Waals surface area contributed by atoms with Gasteiger partial charge in [-0.2, -0.15) is 0 Å². The summed E-state index contributed by atoms with van der Waals surface area (Å²) in [5.74, 6) is 0.257. The first-order valence-electron chi connectivity index (χ1n) is 10.6. The van der Waals surface area contributed by atoms with E-state index in [4.69, 9.17) is 9.47 Å². The SMILES string of the molecule is COc1cc(/C=C2\C(=O)CC(=O)NC2=O)cc(Br)c1OCCCCC1CCCCC1. The topological polar surface area (TPSA) is 81.7 Å². The maximum atomic E-state index is 12.0. The summed E-state index contributed by atoms with van der Waals surface area (Å²) in [5, 5.41) is 2.16. The number of benzene rings is 1. The number of carbonyl (C=O) groups is 3. The minimum Gasteiger partial charge on any atom is -0.493 e. The van der Waals surface area contributed by atoms with Crippen LogP contribution in [0.3, 0.4) is 0 Å². The van der Waals surface area contributed by atoms with Crippen LogP contribution in [0, 0.1) is 5.92 Å². The van der Waals surface area contributed by atoms with E-state index in [1.807, 2.05) is 0 Å². The summed E-state index contributed by atoms with van der Waals surface area (Å²) in [6.45, 7) is 0.602. The van der Waals surface area contributed by atoms with E-state index in [0.717, 1.165) is 18.8 Å². The summed E-state index contributed by atoms with van der Waals surface area (Å²) in [4.78, 5) is 35.3. The number of methoxy groups -OCH3 is 1. The van der Waals surface area contributed by atoms with Gasteiger partial charge in [0.1, 0.15) is 0 Å². The highest BCUT2D eigenvalue weighted by molar-refractivity contribution is 9.10. The molecular weight excluding hydrogens is 450 g/mol. The number of amides is 2. The van der Waals surface area contributed by atoms with E-state index in [2.05, 4.69) is 21.2 Å². The van der Waals surface area contributed by atoms with Gasteiger partial charge in [-0.1, -0.05) is 38.5 Å². The van der Waals surface area contributed by atoms with Crippen LogP contribution in [0.25, 0.3) is 6.08 Å². The number of halogens is 1. The molecule has 0 radical (unpaired) electrons. The lowest BCUT2D eigenvalue weighted by atomic mass is 9.86. The van der Waals surface area contributed by atoms with Crippen molar-refractivity contribution < 1.29 is 23.9 Å². The van der Waals surface area contributed by atoms with Crippen LogP contribution in [0.4, 0.5) is 0 Å². The predicted molar refractivity (Wildman–Crippen MR) is 117 cm³/mol. The Bertz CT molecular complexity index is 820. The molecule has 7 heteroatoms. The minimum atomic E-state index is -0.676. The van der Waals surface area contributed by atoms with Gasteiger partial charge in [0, 0.05) is 0 Å². The largest absolute Gasteiger partial charge is 0.493 e. The molecule has 1 saturated heterocycles. The molecule has 1 aromatic rings. The maximum Gasteiger partial charge on any atom is 0.261 e. The molecule has 1 aromatic carbocycles. The summed E-state index contributed by atoms with van der Waals surface area (Å²) >= 11 is 3.50. The van der Waals surface area contributed by atoms with Crippen LogP contribution < -0.4 is 14.8 Å². The van der Waals surface area contributed by atoms with Gasteiger partial charge in [0.25, 0.3) is 5.91 Å². The molecule has 2 fully saturated rings. The lowest BCUT2D eigenvalue weighted by molar-refractivity contribution is -0.134. The number of ketones is 1. The van der Waals surface area contributed by atoms with E-state index in [0.29, 0.717) is 28.1 Å². The maximum absolute atomic E-state index is 12.0. The zero-order valence-electron chi connectivity index (χ0n) is 17.3. The van der Waals surface area contributed by atoms with Gasteiger partial charge < -0.3 is 9.47 Å². The van der Waals surface area contributed by atoms with Crippen LogP contribution in [0.2, 0.25) is 0 Å². The van der Waals surface area contributed by atoms with Crippen molar-refractivity contribution in [1.82, 2.24) is 5.32 Å². The van der Waals surface area contributed by atoms with E-state index < -0.39 is 17.6 Å². The van der Waals surface area contributed by atoms with E-state index in [1.54, 1.807) is 19.2 Å². The fourth-order valence-corrected chi connectivity index (χ4v) is 4.64. The van der Waals surface area contributed by atoms with Gasteiger partial charge >= 0.3 is 0 Å². The van der Waals surface area contributed by atoms with Crippen molar-refractivity contribution in [1.29, 1.82) is 0 Å². The monoisotopic (exact) mass is 477 g/mol. The van der Waals surface area contributed by atoms with Gasteiger partial charge in [-0.25, -0.2) is 0 Å². The highest BCUT2D eigenvalue weighted by Crippen LogP contribution is 2.37. The molecule has 0 unspecified atom stereocenters. The quantitative estimate of drug-likeness (QED) is 0.194. The molecule has 1 aliphatic carbocycles. The number of hydrogen-bond acceptors (Lipinski definition) is 5. The van der Waals surface area contributed by atoms with Crippen molar-refractivity contribution in [2.75, 3.05) is 13.7 Å². The van der Waals surface area contributed by atoms with E-state index in [9.17, 15) is 14.4 Å². The molecular formula is C23H28BrNO5. The third-order valence-electron chi connectivity index (χ3n) is 5.66. The Labute approximate surface area is 185 Å². The van der Waals surface area contributed by atoms with Gasteiger partial charge in [0.15, 0.2) is 17.3 Å². The van der Waals surface area contributed by atoms with Crippen molar-refractivity contribution in [3.8, 4) is 11.5 Å². The highest BCUT2D eigenvalue weighted by Gasteiger charge is 2.28. The Morgan fingerprint density at radius 1 is 1.13 bits per heavy atom. The van der Waals surface area contributed by atoms with E-state index >= 15 is 0 Å². The molecule has 162 valence electrons. The average Bonchev–Trinajstić information content (AvgIpc) is 2.72. The molecule has 2 aliphatic rings. The summed E-state index contributed by atoms with van der Waals surface area (Å²) in [5.41, 5.74) is 0.566. The molecule has 0 aromatic heterocycles. The third kappa shape index (κ3) is 5.94. The number of hydrogen-bond donors (Lipinski definition) is 1. The number of ether oxygens (including phenoxy) is 2. The van der Waals surface area contributed by atoms with Crippen molar-refractivity contribution in [3.05, 3.63) is 27.7 Å². The zero-order valence-corrected chi connectivity index (χ0v) is 18.9. The zero-order chi connectivity index (χ0) is 21.5. The second-order valence-corrected chi connectivity index (χ2v) is 8.77. The molecule has 1 heterocycles. The summed E-state index contributed by atoms with van der Waals surface area (Å²) in [6, 6.07) is 3.48. The third-order valence-corrected chi connectivity index (χ3v) is 6.25. The molecule has 1 N–H and O–H groups in total. The molecule has 1 saturated carbocycles. The molecule has 0 atom stereocenters. The average molecular weight is 478 g/mol. The van der Waals surface area contributed by atoms with Crippen molar-refractivity contribution >= 4 is 39.6 Å². The van der Waals surface area contributed by atoms with Crippen LogP contribution in [0.15, 0.2) is 22.2 Å². The molecule has 1 aliphatic heterocycles. The number of Topliss-reactive ketones (excluding diaryl/α,β-unsaturated/α-hetero) is 1. The van der Waals surface area contributed by atoms with Crippen molar-refractivity contribution in [2.24, 2.45) is 5.92 Å². The second kappa shape index (κ2) is 10.8. The lowest BCUT2D eigenvalue weighted by Gasteiger charge is -2.21. The fraction of sp³-hybridized carbons (Fsp3) is 0.522. The molecule has 2 amide bonds. The number of piperidine rings is 1. The van der Waals surface area contributed by atoms with Crippen LogP contribution in [-0.2, 0) is 14.4 Å². The van der Waals surface area contributed by atoms with Gasteiger partial charge in [0.2, 0.25) is 5.91 Å². The molecule has 3 rings (SSSR count). The molecule has 30 heavy (non-hydrogen) atoms. The second-order valence-electron chi connectivity index (χ2n) is 7.92. The Kier molecular flexibility index (Phi) is 8.08. The van der Waals surface area contributed by atoms with Gasteiger partial charge in [0.05, 0.1) is 30.2 Å². The summed E-state index contributed by atoms with van der Waals surface area (Å²) in [6.07, 6.45) is 11.4. The number of unbranched alkanes of at least 4 members (excludes halogenated alkanes) is 1.